The van der Waals surface area contributed by atoms with Gasteiger partial charge >= 0.3 is 0 Å². The normalized spacial score (nSPS) is 11.9. The van der Waals surface area contributed by atoms with Crippen molar-refractivity contribution in [1.82, 2.24) is 9.55 Å². The molecule has 0 bridgehead atoms. The number of aliphatic hydroxyl groups is 1. The Morgan fingerprint density at radius 3 is 2.65 bits per heavy atom. The number of para-hydroxylation sites is 2. The van der Waals surface area contributed by atoms with Crippen LogP contribution in [-0.4, -0.2) is 33.2 Å². The minimum Gasteiger partial charge on any atom is -0.491 e. The van der Waals surface area contributed by atoms with Crippen LogP contribution in [0.2, 0.25) is 0 Å². The van der Waals surface area contributed by atoms with Gasteiger partial charge in [0.25, 0.3) is 0 Å². The van der Waals surface area contributed by atoms with Crippen LogP contribution < -0.4 is 10.1 Å². The maximum atomic E-state index is 11.6. The molecule has 158 valence electrons. The number of carbonyl (C=O) groups excluding carboxylic acids is 1. The molecular formula is C25H25N3O3. The first-order chi connectivity index (χ1) is 15.1. The number of nitrogens with one attached hydrogen (secondary N) is 1. The zero-order valence-corrected chi connectivity index (χ0v) is 17.4. The minimum atomic E-state index is -0.754. The summed E-state index contributed by atoms with van der Waals surface area (Å²) in [5.74, 6) is 1.23. The lowest BCUT2D eigenvalue weighted by Gasteiger charge is -2.16. The highest BCUT2D eigenvalue weighted by atomic mass is 16.5. The van der Waals surface area contributed by atoms with E-state index in [0.717, 1.165) is 16.6 Å². The molecule has 6 nitrogen and oxygen atoms in total. The van der Waals surface area contributed by atoms with E-state index in [1.54, 1.807) is 24.3 Å². The number of carbonyl (C=O) groups is 1. The number of aromatic nitrogens is 2. The van der Waals surface area contributed by atoms with Gasteiger partial charge in [-0.05, 0) is 36.8 Å². The summed E-state index contributed by atoms with van der Waals surface area (Å²) in [6.07, 6.45) is -0.754. The molecule has 1 unspecified atom stereocenters. The third-order valence-electron chi connectivity index (χ3n) is 5.02. The van der Waals surface area contributed by atoms with E-state index in [4.69, 9.17) is 9.72 Å². The highest BCUT2D eigenvalue weighted by Crippen LogP contribution is 2.21. The number of Topliss-reactive ketones (excluding diaryl/α,β-unsaturated/α-hetero) is 1. The smallest absolute Gasteiger partial charge is 0.204 e. The van der Waals surface area contributed by atoms with Crippen molar-refractivity contribution < 1.29 is 14.6 Å². The Kier molecular flexibility index (Phi) is 6.29. The van der Waals surface area contributed by atoms with Crippen LogP contribution in [0.1, 0.15) is 22.8 Å². The number of ether oxygens (including phenoxy) is 1. The standard InChI is InChI=1S/C25H25N3O3/c1-18(29)20-10-7-11-22(14-20)31-17-21(30)16-28-24-13-6-5-12-23(24)27-25(28)26-15-19-8-3-2-4-9-19/h2-14,21,30H,15-17H2,1H3,(H,26,27). The zero-order chi connectivity index (χ0) is 21.6. The summed E-state index contributed by atoms with van der Waals surface area (Å²) >= 11 is 0. The Labute approximate surface area is 181 Å². The first-order valence-electron chi connectivity index (χ1n) is 10.2. The summed E-state index contributed by atoms with van der Waals surface area (Å²) in [5, 5.41) is 14.0. The quantitative estimate of drug-likeness (QED) is 0.399. The Hall–Kier alpha value is -3.64. The molecule has 1 heterocycles. The Morgan fingerprint density at radius 2 is 1.84 bits per heavy atom. The molecule has 4 aromatic rings. The fourth-order valence-electron chi connectivity index (χ4n) is 3.43. The number of aliphatic hydroxyl groups excluding tert-OH is 1. The maximum Gasteiger partial charge on any atom is 0.204 e. The van der Waals surface area contributed by atoms with Crippen LogP contribution in [0.15, 0.2) is 78.9 Å². The van der Waals surface area contributed by atoms with E-state index in [9.17, 15) is 9.90 Å². The van der Waals surface area contributed by atoms with Gasteiger partial charge in [-0.1, -0.05) is 54.6 Å². The second-order valence-electron chi connectivity index (χ2n) is 7.42. The summed E-state index contributed by atoms with van der Waals surface area (Å²) < 4.78 is 7.70. The van der Waals surface area contributed by atoms with Crippen LogP contribution in [0, 0.1) is 0 Å². The molecule has 0 aliphatic heterocycles. The Bertz CT molecular complexity index is 1170. The van der Waals surface area contributed by atoms with Crippen molar-refractivity contribution in [3.8, 4) is 5.75 Å². The van der Waals surface area contributed by atoms with Crippen molar-refractivity contribution in [2.24, 2.45) is 0 Å². The van der Waals surface area contributed by atoms with Crippen LogP contribution >= 0.6 is 0 Å². The number of benzene rings is 3. The molecule has 0 spiro atoms. The highest BCUT2D eigenvalue weighted by molar-refractivity contribution is 5.94. The number of rotatable bonds is 9. The number of imidazole rings is 1. The molecule has 0 aliphatic carbocycles. The van der Waals surface area contributed by atoms with Gasteiger partial charge in [0.15, 0.2) is 5.78 Å². The van der Waals surface area contributed by atoms with E-state index in [-0.39, 0.29) is 12.4 Å². The fraction of sp³-hybridized carbons (Fsp3) is 0.200. The van der Waals surface area contributed by atoms with E-state index in [1.165, 1.54) is 6.92 Å². The molecule has 0 fully saturated rings. The third-order valence-corrected chi connectivity index (χ3v) is 5.02. The first kappa shape index (κ1) is 20.6. The van der Waals surface area contributed by atoms with Gasteiger partial charge in [-0.25, -0.2) is 4.98 Å². The monoisotopic (exact) mass is 415 g/mol. The van der Waals surface area contributed by atoms with Gasteiger partial charge in [-0.2, -0.15) is 0 Å². The fourth-order valence-corrected chi connectivity index (χ4v) is 3.43. The molecule has 0 saturated heterocycles. The lowest BCUT2D eigenvalue weighted by Crippen LogP contribution is -2.24. The van der Waals surface area contributed by atoms with Gasteiger partial charge in [0.2, 0.25) is 5.95 Å². The van der Waals surface area contributed by atoms with Gasteiger partial charge in [0, 0.05) is 12.1 Å². The van der Waals surface area contributed by atoms with E-state index < -0.39 is 6.10 Å². The van der Waals surface area contributed by atoms with Gasteiger partial charge < -0.3 is 19.7 Å². The van der Waals surface area contributed by atoms with Crippen molar-refractivity contribution >= 4 is 22.8 Å². The molecule has 2 N–H and O–H groups in total. The summed E-state index contributed by atoms with van der Waals surface area (Å²) in [5.41, 5.74) is 3.53. The molecule has 4 rings (SSSR count). The third kappa shape index (κ3) is 5.10. The largest absolute Gasteiger partial charge is 0.491 e. The molecular weight excluding hydrogens is 390 g/mol. The van der Waals surface area contributed by atoms with Crippen LogP contribution in [-0.2, 0) is 13.1 Å². The summed E-state index contributed by atoms with van der Waals surface area (Å²) in [7, 11) is 0. The van der Waals surface area contributed by atoms with Crippen LogP contribution in [0.5, 0.6) is 5.75 Å². The lowest BCUT2D eigenvalue weighted by molar-refractivity contribution is 0.0936. The number of hydrogen-bond acceptors (Lipinski definition) is 5. The number of nitrogens with zero attached hydrogens (tertiary/aromatic N) is 2. The minimum absolute atomic E-state index is 0.0231. The zero-order valence-electron chi connectivity index (χ0n) is 17.4. The van der Waals surface area contributed by atoms with Gasteiger partial charge in [0.05, 0.1) is 17.6 Å². The molecule has 0 saturated carbocycles. The molecule has 1 aromatic heterocycles. The molecule has 0 aliphatic rings. The predicted octanol–water partition coefficient (Wildman–Crippen LogP) is 4.29. The molecule has 31 heavy (non-hydrogen) atoms. The molecule has 6 heteroatoms. The molecule has 3 aromatic carbocycles. The van der Waals surface area contributed by atoms with Gasteiger partial charge in [-0.15, -0.1) is 0 Å². The Balaban J connectivity index is 1.47. The van der Waals surface area contributed by atoms with Crippen molar-refractivity contribution in [2.75, 3.05) is 11.9 Å². The first-order valence-corrected chi connectivity index (χ1v) is 10.2. The van der Waals surface area contributed by atoms with Gasteiger partial charge in [-0.3, -0.25) is 4.79 Å². The number of hydrogen-bond donors (Lipinski definition) is 2. The highest BCUT2D eigenvalue weighted by Gasteiger charge is 2.15. The number of fused-ring (bicyclic) bond motifs is 1. The topological polar surface area (TPSA) is 76.4 Å². The van der Waals surface area contributed by atoms with E-state index in [1.807, 2.05) is 47.0 Å². The summed E-state index contributed by atoms with van der Waals surface area (Å²) in [4.78, 5) is 16.2. The lowest BCUT2D eigenvalue weighted by atomic mass is 10.1. The maximum absolute atomic E-state index is 11.6. The second kappa shape index (κ2) is 9.45. The summed E-state index contributed by atoms with van der Waals surface area (Å²) in [6.45, 7) is 2.58. The van der Waals surface area contributed by atoms with E-state index in [0.29, 0.717) is 30.4 Å². The van der Waals surface area contributed by atoms with Crippen LogP contribution in [0.3, 0.4) is 0 Å². The predicted molar refractivity (Wildman–Crippen MR) is 121 cm³/mol. The SMILES string of the molecule is CC(=O)c1cccc(OCC(O)Cn2c(NCc3ccccc3)nc3ccccc32)c1. The van der Waals surface area contributed by atoms with Crippen molar-refractivity contribution in [2.45, 2.75) is 26.1 Å². The number of ketones is 1. The van der Waals surface area contributed by atoms with Crippen molar-refractivity contribution in [3.05, 3.63) is 90.0 Å². The van der Waals surface area contributed by atoms with Crippen LogP contribution in [0.4, 0.5) is 5.95 Å². The summed E-state index contributed by atoms with van der Waals surface area (Å²) in [6, 6.07) is 24.9. The number of anilines is 1. The Morgan fingerprint density at radius 1 is 1.06 bits per heavy atom. The van der Waals surface area contributed by atoms with Crippen molar-refractivity contribution in [1.29, 1.82) is 0 Å². The van der Waals surface area contributed by atoms with E-state index in [2.05, 4.69) is 17.4 Å². The van der Waals surface area contributed by atoms with Crippen molar-refractivity contribution in [3.63, 3.8) is 0 Å². The van der Waals surface area contributed by atoms with E-state index >= 15 is 0 Å². The molecule has 1 atom stereocenters. The molecule has 0 radical (unpaired) electrons. The average Bonchev–Trinajstić information content (AvgIpc) is 3.14. The van der Waals surface area contributed by atoms with Crippen LogP contribution in [0.25, 0.3) is 11.0 Å². The van der Waals surface area contributed by atoms with Gasteiger partial charge in [0.1, 0.15) is 18.5 Å². The average molecular weight is 415 g/mol. The second-order valence-corrected chi connectivity index (χ2v) is 7.42. The molecule has 0 amide bonds.